The van der Waals surface area contributed by atoms with E-state index in [2.05, 4.69) is 13.2 Å². The highest BCUT2D eigenvalue weighted by Crippen LogP contribution is 2.52. The van der Waals surface area contributed by atoms with Gasteiger partial charge in [0.1, 0.15) is 29.5 Å². The van der Waals surface area contributed by atoms with Gasteiger partial charge in [0.15, 0.2) is 17.9 Å². The van der Waals surface area contributed by atoms with Crippen LogP contribution in [-0.4, -0.2) is 86.7 Å². The van der Waals surface area contributed by atoms with Crippen LogP contribution in [0.25, 0.3) is 0 Å². The first-order chi connectivity index (χ1) is 18.3. The number of carbonyl (C=O) groups is 3. The fraction of sp³-hybridized carbons (Fsp3) is 0.444. The second-order valence-corrected chi connectivity index (χ2v) is 9.90. The van der Waals surface area contributed by atoms with Crippen LogP contribution in [0.2, 0.25) is 0 Å². The van der Waals surface area contributed by atoms with Gasteiger partial charge in [-0.3, -0.25) is 14.4 Å². The smallest absolute Gasteiger partial charge is 0.202 e. The summed E-state index contributed by atoms with van der Waals surface area (Å²) in [6, 6.07) is -0.741. The number of hydrogen-bond acceptors (Lipinski definition) is 12. The Hall–Kier alpha value is -3.39. The lowest BCUT2D eigenvalue weighted by molar-refractivity contribution is -0.247. The van der Waals surface area contributed by atoms with Gasteiger partial charge in [0.25, 0.3) is 0 Å². The molecule has 6 atom stereocenters. The number of aromatic hydroxyl groups is 2. The van der Waals surface area contributed by atoms with Crippen molar-refractivity contribution in [3.8, 4) is 11.5 Å². The number of rotatable bonds is 7. The van der Waals surface area contributed by atoms with E-state index in [0.717, 1.165) is 6.08 Å². The maximum Gasteiger partial charge on any atom is 0.202 e. The van der Waals surface area contributed by atoms with Gasteiger partial charge in [-0.2, -0.15) is 0 Å². The van der Waals surface area contributed by atoms with Crippen LogP contribution in [0.1, 0.15) is 57.7 Å². The molecule has 0 spiro atoms. The quantitative estimate of drug-likeness (QED) is 0.201. The van der Waals surface area contributed by atoms with Gasteiger partial charge < -0.3 is 45.5 Å². The van der Waals surface area contributed by atoms with Crippen LogP contribution in [0.3, 0.4) is 0 Å². The molecule has 4 rings (SSSR count). The van der Waals surface area contributed by atoms with Crippen molar-refractivity contribution >= 4 is 17.3 Å². The highest BCUT2D eigenvalue weighted by atomic mass is 16.7. The summed E-state index contributed by atoms with van der Waals surface area (Å²) in [4.78, 5) is 39.6. The van der Waals surface area contributed by atoms with Crippen LogP contribution in [0.15, 0.2) is 36.1 Å². The lowest BCUT2D eigenvalue weighted by Gasteiger charge is -2.42. The summed E-state index contributed by atoms with van der Waals surface area (Å²) in [6.07, 6.45) is -4.17. The Bertz CT molecular complexity index is 1300. The number of ether oxygens (including phenoxy) is 3. The van der Waals surface area contributed by atoms with Crippen molar-refractivity contribution in [2.75, 3.05) is 13.7 Å². The third-order valence-electron chi connectivity index (χ3n) is 7.56. The lowest BCUT2D eigenvalue weighted by atomic mass is 9.71. The Balaban J connectivity index is 1.92. The second-order valence-electron chi connectivity index (χ2n) is 9.90. The predicted octanol–water partition coefficient (Wildman–Crippen LogP) is 0.239. The minimum absolute atomic E-state index is 0.00204. The summed E-state index contributed by atoms with van der Waals surface area (Å²) in [5, 5.41) is 53.6. The van der Waals surface area contributed by atoms with Crippen LogP contribution < -0.4 is 5.73 Å². The molecule has 210 valence electrons. The molecular weight excluding hydrogens is 514 g/mol. The summed E-state index contributed by atoms with van der Waals surface area (Å²) in [6.45, 7) is 7.73. The van der Waals surface area contributed by atoms with Crippen molar-refractivity contribution in [2.45, 2.75) is 62.4 Å². The van der Waals surface area contributed by atoms with E-state index in [0.29, 0.717) is 0 Å². The fourth-order valence-electron chi connectivity index (χ4n) is 5.44. The van der Waals surface area contributed by atoms with E-state index in [4.69, 9.17) is 19.9 Å². The number of allylic oxidation sites excluding steroid dienone is 3. The molecule has 7 N–H and O–H groups in total. The van der Waals surface area contributed by atoms with Crippen molar-refractivity contribution in [2.24, 2.45) is 5.73 Å². The van der Waals surface area contributed by atoms with Crippen molar-refractivity contribution in [1.82, 2.24) is 0 Å². The molecule has 0 unspecified atom stereocenters. The number of Topliss-reactive ketones (excluding diaryl/α,β-unsaturated/α-hetero) is 3. The summed E-state index contributed by atoms with van der Waals surface area (Å²) in [7, 11) is 1.24. The zero-order valence-corrected chi connectivity index (χ0v) is 21.5. The first-order valence-corrected chi connectivity index (χ1v) is 12.2. The average molecular weight is 546 g/mol. The maximum absolute atomic E-state index is 13.6. The molecule has 0 radical (unpaired) electrons. The predicted molar refractivity (Wildman–Crippen MR) is 134 cm³/mol. The van der Waals surface area contributed by atoms with E-state index in [1.165, 1.54) is 7.11 Å². The van der Waals surface area contributed by atoms with E-state index in [-0.39, 0.29) is 34.5 Å². The van der Waals surface area contributed by atoms with E-state index in [9.17, 15) is 39.9 Å². The van der Waals surface area contributed by atoms with Gasteiger partial charge in [-0.1, -0.05) is 19.2 Å². The number of ketones is 3. The summed E-state index contributed by atoms with van der Waals surface area (Å²) < 4.78 is 16.8. The van der Waals surface area contributed by atoms with Crippen molar-refractivity contribution < 1.29 is 54.1 Å². The number of phenols is 2. The third kappa shape index (κ3) is 4.48. The van der Waals surface area contributed by atoms with Gasteiger partial charge in [0, 0.05) is 42.0 Å². The Kier molecular flexibility index (Phi) is 7.56. The Morgan fingerprint density at radius 1 is 1.23 bits per heavy atom. The van der Waals surface area contributed by atoms with Gasteiger partial charge in [-0.15, -0.1) is 0 Å². The molecule has 12 nitrogen and oxygen atoms in total. The van der Waals surface area contributed by atoms with Crippen LogP contribution in [-0.2, 0) is 25.4 Å². The number of nitrogens with two attached hydrogens (primary N) is 1. The number of phenolic OH excluding ortho intramolecular Hbond substituents is 2. The zero-order valence-electron chi connectivity index (χ0n) is 21.5. The molecule has 1 aliphatic heterocycles. The van der Waals surface area contributed by atoms with Crippen molar-refractivity contribution in [3.63, 3.8) is 0 Å². The molecular formula is C27H31NO11. The summed E-state index contributed by atoms with van der Waals surface area (Å²) in [5.74, 6) is -4.36. The highest BCUT2D eigenvalue weighted by Gasteiger charge is 2.50. The third-order valence-corrected chi connectivity index (χ3v) is 7.56. The molecule has 1 fully saturated rings. The van der Waals surface area contributed by atoms with Crippen LogP contribution >= 0.6 is 0 Å². The Morgan fingerprint density at radius 2 is 1.87 bits per heavy atom. The maximum atomic E-state index is 13.6. The first kappa shape index (κ1) is 28.6. The Morgan fingerprint density at radius 3 is 2.44 bits per heavy atom. The monoisotopic (exact) mass is 545 g/mol. The minimum atomic E-state index is -2.26. The van der Waals surface area contributed by atoms with E-state index in [1.807, 2.05) is 0 Å². The second kappa shape index (κ2) is 10.3. The van der Waals surface area contributed by atoms with Crippen molar-refractivity contribution in [3.05, 3.63) is 58.4 Å². The number of aliphatic hydroxyl groups excluding tert-OH is 2. The molecule has 0 aromatic heterocycles. The zero-order chi connectivity index (χ0) is 29.0. The van der Waals surface area contributed by atoms with Gasteiger partial charge in [0.2, 0.25) is 5.78 Å². The number of hydrogen-bond donors (Lipinski definition) is 6. The van der Waals surface area contributed by atoms with Gasteiger partial charge >= 0.3 is 0 Å². The molecule has 0 saturated carbocycles. The van der Waals surface area contributed by atoms with E-state index in [1.54, 1.807) is 6.92 Å². The lowest BCUT2D eigenvalue weighted by Crippen LogP contribution is -2.53. The van der Waals surface area contributed by atoms with Crippen LogP contribution in [0, 0.1) is 0 Å². The highest BCUT2D eigenvalue weighted by molar-refractivity contribution is 6.31. The standard InChI is InChI=1S/C27H31NO11/c1-5-12-18(10(2)37-4)25(34)21-20(23(12)32)24(33)13-7-27(36,16(30)9-29)8-15(19(13)26(21)35)39-17-6-14(28)22(31)11(3)38-17/h5,11,14-15,17,22,29,31,33,35-36H,1-2,6-9,28H2,3-4H3/t11-,14-,15-,17-,22+,27-/m0/s1. The molecule has 1 aromatic carbocycles. The molecule has 1 heterocycles. The molecule has 3 aliphatic rings. The number of aliphatic hydroxyl groups is 3. The largest absolute Gasteiger partial charge is 0.507 e. The topological polar surface area (TPSA) is 206 Å². The normalized spacial score (nSPS) is 30.5. The van der Waals surface area contributed by atoms with Crippen molar-refractivity contribution in [1.29, 1.82) is 0 Å². The summed E-state index contributed by atoms with van der Waals surface area (Å²) in [5.41, 5.74) is 1.79. The fourth-order valence-corrected chi connectivity index (χ4v) is 5.44. The molecule has 1 saturated heterocycles. The number of carbonyl (C=O) groups excluding carboxylic acids is 3. The Labute approximate surface area is 223 Å². The van der Waals surface area contributed by atoms with E-state index >= 15 is 0 Å². The first-order valence-electron chi connectivity index (χ1n) is 12.2. The molecule has 0 bridgehead atoms. The van der Waals surface area contributed by atoms with Gasteiger partial charge in [-0.05, 0) is 6.92 Å². The molecule has 2 aliphatic carbocycles. The number of benzene rings is 1. The number of methoxy groups -OCH3 is 1. The minimum Gasteiger partial charge on any atom is -0.507 e. The van der Waals surface area contributed by atoms with E-state index < -0.39 is 95.7 Å². The summed E-state index contributed by atoms with van der Waals surface area (Å²) >= 11 is 0. The molecule has 1 aromatic rings. The van der Waals surface area contributed by atoms with Crippen LogP contribution in [0.4, 0.5) is 0 Å². The average Bonchev–Trinajstić information content (AvgIpc) is 2.89. The number of fused-ring (bicyclic) bond motifs is 2. The SMILES string of the molecule is C=CC1=C(C(=C)OC)C(=O)c2c(O)c3c(c(O)c2C1=O)C[C@@](O)(C(=O)CO)C[C@@H]3O[C@H]1C[C@H](N)[C@H](O)[C@H](C)O1. The molecule has 12 heteroatoms. The van der Waals surface area contributed by atoms with Gasteiger partial charge in [-0.25, -0.2) is 0 Å². The van der Waals surface area contributed by atoms with Gasteiger partial charge in [0.05, 0.1) is 42.1 Å². The molecule has 0 amide bonds. The van der Waals surface area contributed by atoms with Crippen LogP contribution in [0.5, 0.6) is 11.5 Å². The molecule has 39 heavy (non-hydrogen) atoms.